The van der Waals surface area contributed by atoms with Gasteiger partial charge >= 0.3 is 0 Å². The third-order valence-electron chi connectivity index (χ3n) is 3.00. The zero-order valence-corrected chi connectivity index (χ0v) is 10.1. The quantitative estimate of drug-likeness (QED) is 0.829. The van der Waals surface area contributed by atoms with Gasteiger partial charge in [-0.25, -0.2) is 0 Å². The molecule has 0 fully saturated rings. The van der Waals surface area contributed by atoms with Crippen LogP contribution in [0.25, 0.3) is 0 Å². The summed E-state index contributed by atoms with van der Waals surface area (Å²) in [6.45, 7) is 5.57. The third kappa shape index (κ3) is 2.63. The summed E-state index contributed by atoms with van der Waals surface area (Å²) < 4.78 is 5.36. The number of fused-ring (bicyclic) bond motifs is 1. The Bertz CT molecular complexity index is 358. The number of hydrogen-bond acceptors (Lipinski definition) is 2. The molecule has 0 aliphatic carbocycles. The Labute approximate surface area is 97.3 Å². The van der Waals surface area contributed by atoms with E-state index in [0.717, 1.165) is 18.4 Å². The monoisotopic (exact) mass is 220 g/mol. The van der Waals surface area contributed by atoms with Crippen LogP contribution in [0.3, 0.4) is 0 Å². The van der Waals surface area contributed by atoms with Gasteiger partial charge in [-0.2, -0.15) is 0 Å². The fourth-order valence-corrected chi connectivity index (χ4v) is 2.25. The molecule has 1 aliphatic heterocycles. The van der Waals surface area contributed by atoms with Crippen molar-refractivity contribution < 1.29 is 9.84 Å². The van der Waals surface area contributed by atoms with Crippen LogP contribution in [-0.4, -0.2) is 18.3 Å². The van der Waals surface area contributed by atoms with E-state index in [4.69, 9.17) is 4.74 Å². The molecule has 16 heavy (non-hydrogen) atoms. The van der Waals surface area contributed by atoms with Crippen molar-refractivity contribution in [2.75, 3.05) is 13.2 Å². The maximum Gasteiger partial charge on any atom is 0.103 e. The third-order valence-corrected chi connectivity index (χ3v) is 3.00. The normalized spacial score (nSPS) is 20.6. The van der Waals surface area contributed by atoms with Crippen LogP contribution in [-0.2, 0) is 17.6 Å². The van der Waals surface area contributed by atoms with Gasteiger partial charge in [-0.1, -0.05) is 32.0 Å². The molecule has 2 heteroatoms. The van der Waals surface area contributed by atoms with E-state index in [0.29, 0.717) is 19.1 Å². The number of aliphatic hydroxyl groups excluding tert-OH is 1. The van der Waals surface area contributed by atoms with Crippen LogP contribution in [0.5, 0.6) is 0 Å². The molecule has 1 N–H and O–H groups in total. The van der Waals surface area contributed by atoms with Crippen molar-refractivity contribution in [3.05, 3.63) is 34.9 Å². The summed E-state index contributed by atoms with van der Waals surface area (Å²) in [4.78, 5) is 0. The maximum atomic E-state index is 9.97. The first-order valence-electron chi connectivity index (χ1n) is 6.04. The summed E-state index contributed by atoms with van der Waals surface area (Å²) in [5.74, 6) is 0.650. The molecule has 0 radical (unpaired) electrons. The topological polar surface area (TPSA) is 29.5 Å². The largest absolute Gasteiger partial charge is 0.386 e. The van der Waals surface area contributed by atoms with Gasteiger partial charge in [0.15, 0.2) is 0 Å². The molecule has 1 aromatic carbocycles. The average Bonchev–Trinajstić information content (AvgIpc) is 2.41. The Hall–Kier alpha value is -0.860. The molecule has 0 spiro atoms. The van der Waals surface area contributed by atoms with Crippen molar-refractivity contribution in [2.45, 2.75) is 32.8 Å². The molecule has 0 amide bonds. The van der Waals surface area contributed by atoms with Crippen LogP contribution in [0.4, 0.5) is 0 Å². The molecule has 2 nitrogen and oxygen atoms in total. The zero-order valence-electron chi connectivity index (χ0n) is 10.1. The summed E-state index contributed by atoms with van der Waals surface area (Å²) in [5, 5.41) is 9.97. The minimum absolute atomic E-state index is 0.429. The molecule has 0 saturated carbocycles. The highest BCUT2D eigenvalue weighted by Gasteiger charge is 2.17. The van der Waals surface area contributed by atoms with E-state index in [2.05, 4.69) is 32.0 Å². The summed E-state index contributed by atoms with van der Waals surface area (Å²) in [5.41, 5.74) is 3.61. The molecular formula is C14H20O2. The number of benzene rings is 1. The molecule has 1 atom stereocenters. The first kappa shape index (κ1) is 11.6. The van der Waals surface area contributed by atoms with Gasteiger partial charge in [0, 0.05) is 0 Å². The van der Waals surface area contributed by atoms with Crippen molar-refractivity contribution in [2.24, 2.45) is 5.92 Å². The highest BCUT2D eigenvalue weighted by molar-refractivity contribution is 5.34. The molecule has 1 heterocycles. The van der Waals surface area contributed by atoms with Crippen molar-refractivity contribution in [3.8, 4) is 0 Å². The number of hydrogen-bond donors (Lipinski definition) is 1. The minimum Gasteiger partial charge on any atom is -0.386 e. The lowest BCUT2D eigenvalue weighted by atomic mass is 9.95. The molecular weight excluding hydrogens is 200 g/mol. The fraction of sp³-hybridized carbons (Fsp3) is 0.571. The van der Waals surface area contributed by atoms with Gasteiger partial charge in [0.25, 0.3) is 0 Å². The van der Waals surface area contributed by atoms with E-state index >= 15 is 0 Å². The maximum absolute atomic E-state index is 9.97. The zero-order chi connectivity index (χ0) is 11.5. The van der Waals surface area contributed by atoms with Crippen LogP contribution in [0, 0.1) is 5.92 Å². The summed E-state index contributed by atoms with van der Waals surface area (Å²) >= 11 is 0. The standard InChI is InChI=1S/C14H20O2/c1-10(2)7-11-3-4-12-5-6-16-9-14(15)13(12)8-11/h3-4,8,10,14-15H,5-7,9H2,1-2H3. The lowest BCUT2D eigenvalue weighted by molar-refractivity contribution is 0.0451. The van der Waals surface area contributed by atoms with Crippen molar-refractivity contribution >= 4 is 0 Å². The van der Waals surface area contributed by atoms with Crippen LogP contribution >= 0.6 is 0 Å². The van der Waals surface area contributed by atoms with E-state index in [9.17, 15) is 5.11 Å². The van der Waals surface area contributed by atoms with Gasteiger partial charge in [0.05, 0.1) is 13.2 Å². The Morgan fingerprint density at radius 2 is 2.25 bits per heavy atom. The van der Waals surface area contributed by atoms with Crippen molar-refractivity contribution in [1.82, 2.24) is 0 Å². The van der Waals surface area contributed by atoms with Gasteiger partial charge in [0.1, 0.15) is 6.10 Å². The predicted molar refractivity (Wildman–Crippen MR) is 64.5 cm³/mol. The van der Waals surface area contributed by atoms with E-state index < -0.39 is 6.10 Å². The summed E-state index contributed by atoms with van der Waals surface area (Å²) in [7, 11) is 0. The first-order chi connectivity index (χ1) is 7.66. The average molecular weight is 220 g/mol. The molecule has 0 aromatic heterocycles. The van der Waals surface area contributed by atoms with Gasteiger partial charge in [-0.05, 0) is 35.4 Å². The Balaban J connectivity index is 2.28. The van der Waals surface area contributed by atoms with Gasteiger partial charge in [-0.3, -0.25) is 0 Å². The van der Waals surface area contributed by atoms with Crippen molar-refractivity contribution in [3.63, 3.8) is 0 Å². The Kier molecular flexibility index (Phi) is 3.62. The van der Waals surface area contributed by atoms with Crippen LogP contribution in [0.1, 0.15) is 36.6 Å². The van der Waals surface area contributed by atoms with E-state index in [1.54, 1.807) is 0 Å². The van der Waals surface area contributed by atoms with Gasteiger partial charge < -0.3 is 9.84 Å². The predicted octanol–water partition coefficient (Wildman–Crippen LogP) is 2.49. The second kappa shape index (κ2) is 4.98. The molecule has 0 saturated heterocycles. The summed E-state index contributed by atoms with van der Waals surface area (Å²) in [6.07, 6.45) is 1.53. The number of ether oxygens (including phenoxy) is 1. The van der Waals surface area contributed by atoms with E-state index in [1.165, 1.54) is 11.1 Å². The van der Waals surface area contributed by atoms with E-state index in [-0.39, 0.29) is 0 Å². The smallest absolute Gasteiger partial charge is 0.103 e. The van der Waals surface area contributed by atoms with Gasteiger partial charge in [0.2, 0.25) is 0 Å². The summed E-state index contributed by atoms with van der Waals surface area (Å²) in [6, 6.07) is 6.47. The molecule has 1 aromatic rings. The minimum atomic E-state index is -0.454. The van der Waals surface area contributed by atoms with Crippen LogP contribution in [0.2, 0.25) is 0 Å². The SMILES string of the molecule is CC(C)Cc1ccc2c(c1)C(O)COCC2. The molecule has 1 unspecified atom stereocenters. The van der Waals surface area contributed by atoms with Crippen LogP contribution in [0.15, 0.2) is 18.2 Å². The number of rotatable bonds is 2. The molecule has 1 aliphatic rings. The van der Waals surface area contributed by atoms with Crippen LogP contribution < -0.4 is 0 Å². The second-order valence-corrected chi connectivity index (χ2v) is 4.97. The van der Waals surface area contributed by atoms with Crippen molar-refractivity contribution in [1.29, 1.82) is 0 Å². The highest BCUT2D eigenvalue weighted by Crippen LogP contribution is 2.24. The Morgan fingerprint density at radius 3 is 3.00 bits per heavy atom. The van der Waals surface area contributed by atoms with Gasteiger partial charge in [-0.15, -0.1) is 0 Å². The lowest BCUT2D eigenvalue weighted by Gasteiger charge is -2.13. The fourth-order valence-electron chi connectivity index (χ4n) is 2.25. The number of aliphatic hydroxyl groups is 1. The molecule has 0 bridgehead atoms. The molecule has 2 rings (SSSR count). The highest BCUT2D eigenvalue weighted by atomic mass is 16.5. The van der Waals surface area contributed by atoms with E-state index in [1.807, 2.05) is 0 Å². The Morgan fingerprint density at radius 1 is 1.44 bits per heavy atom. The first-order valence-corrected chi connectivity index (χ1v) is 6.04. The second-order valence-electron chi connectivity index (χ2n) is 4.97. The lowest BCUT2D eigenvalue weighted by Crippen LogP contribution is -2.06. The molecule has 88 valence electrons.